The quantitative estimate of drug-likeness (QED) is 0.505. The molecule has 2 nitrogen and oxygen atoms in total. The van der Waals surface area contributed by atoms with E-state index in [9.17, 15) is 0 Å². The van der Waals surface area contributed by atoms with Gasteiger partial charge in [-0.25, -0.2) is 0 Å². The van der Waals surface area contributed by atoms with Crippen LogP contribution in [0.5, 0.6) is 0 Å². The van der Waals surface area contributed by atoms with E-state index in [4.69, 9.17) is 5.73 Å². The normalized spacial score (nSPS) is 16.1. The molecule has 0 saturated heterocycles. The van der Waals surface area contributed by atoms with Crippen molar-refractivity contribution in [1.82, 2.24) is 0 Å². The Morgan fingerprint density at radius 2 is 2.25 bits per heavy atom. The fourth-order valence-electron chi connectivity index (χ4n) is 0.629. The summed E-state index contributed by atoms with van der Waals surface area (Å²) in [7, 11) is 0. The molecule has 0 aliphatic heterocycles. The first-order valence-corrected chi connectivity index (χ1v) is 4.32. The molecular formula is C10H18N2. The van der Waals surface area contributed by atoms with Gasteiger partial charge in [0.15, 0.2) is 0 Å². The lowest BCUT2D eigenvalue weighted by Crippen LogP contribution is -1.96. The van der Waals surface area contributed by atoms with Crippen molar-refractivity contribution < 1.29 is 0 Å². The van der Waals surface area contributed by atoms with Crippen LogP contribution in [0.2, 0.25) is 0 Å². The van der Waals surface area contributed by atoms with Gasteiger partial charge >= 0.3 is 0 Å². The zero-order valence-electron chi connectivity index (χ0n) is 8.12. The van der Waals surface area contributed by atoms with Gasteiger partial charge in [-0.05, 0) is 32.4 Å². The lowest BCUT2D eigenvalue weighted by atomic mass is 10.3. The van der Waals surface area contributed by atoms with Gasteiger partial charge in [0.05, 0.1) is 0 Å². The maximum Gasteiger partial charge on any atom is 0.0468 e. The molecule has 0 bridgehead atoms. The van der Waals surface area contributed by atoms with Crippen molar-refractivity contribution in [2.45, 2.75) is 33.2 Å². The highest BCUT2D eigenvalue weighted by Crippen LogP contribution is 1.93. The molecule has 1 atom stereocenters. The summed E-state index contributed by atoms with van der Waals surface area (Å²) >= 11 is 0. The van der Waals surface area contributed by atoms with Crippen molar-refractivity contribution in [3.63, 3.8) is 0 Å². The van der Waals surface area contributed by atoms with Crippen molar-refractivity contribution in [1.29, 1.82) is 0 Å². The SMILES string of the molecule is C/C=C/C(N)=C\C=N/C(C)CC. The molecule has 0 radical (unpaired) electrons. The first kappa shape index (κ1) is 11.0. The number of nitrogens with two attached hydrogens (primary N) is 1. The Morgan fingerprint density at radius 1 is 1.58 bits per heavy atom. The molecule has 0 aliphatic carbocycles. The molecule has 0 amide bonds. The van der Waals surface area contributed by atoms with Gasteiger partial charge in [-0.15, -0.1) is 0 Å². The summed E-state index contributed by atoms with van der Waals surface area (Å²) in [5.74, 6) is 0. The maximum absolute atomic E-state index is 5.59. The molecule has 0 spiro atoms. The monoisotopic (exact) mass is 166 g/mol. The van der Waals surface area contributed by atoms with Crippen LogP contribution in [0, 0.1) is 0 Å². The summed E-state index contributed by atoms with van der Waals surface area (Å²) in [6, 6.07) is 0.389. The second kappa shape index (κ2) is 6.65. The predicted molar refractivity (Wildman–Crippen MR) is 55.3 cm³/mol. The largest absolute Gasteiger partial charge is 0.399 e. The molecule has 0 aromatic carbocycles. The molecule has 12 heavy (non-hydrogen) atoms. The molecule has 0 aliphatic rings. The average molecular weight is 166 g/mol. The second-order valence-electron chi connectivity index (χ2n) is 2.72. The van der Waals surface area contributed by atoms with Gasteiger partial charge < -0.3 is 5.73 Å². The molecule has 0 rings (SSSR count). The molecule has 68 valence electrons. The summed E-state index contributed by atoms with van der Waals surface area (Å²) in [5.41, 5.74) is 6.34. The predicted octanol–water partition coefficient (Wildman–Crippen LogP) is 2.27. The second-order valence-corrected chi connectivity index (χ2v) is 2.72. The zero-order chi connectivity index (χ0) is 9.40. The molecular weight excluding hydrogens is 148 g/mol. The van der Waals surface area contributed by atoms with E-state index >= 15 is 0 Å². The zero-order valence-corrected chi connectivity index (χ0v) is 8.12. The first-order chi connectivity index (χ1) is 5.70. The van der Waals surface area contributed by atoms with Crippen LogP contribution in [0.15, 0.2) is 28.9 Å². The third-order valence-corrected chi connectivity index (χ3v) is 1.56. The minimum absolute atomic E-state index is 0.389. The standard InChI is InChI=1S/C10H18N2/c1-4-6-10(11)7-8-12-9(3)5-2/h4,6-9H,5,11H2,1-3H3/b6-4+,10-7+,12-8-. The third kappa shape index (κ3) is 5.71. The number of hydrogen-bond acceptors (Lipinski definition) is 2. The van der Waals surface area contributed by atoms with Gasteiger partial charge in [-0.1, -0.05) is 13.0 Å². The Balaban J connectivity index is 3.93. The van der Waals surface area contributed by atoms with Gasteiger partial charge in [-0.2, -0.15) is 0 Å². The Kier molecular flexibility index (Phi) is 6.07. The fraction of sp³-hybridized carbons (Fsp3) is 0.500. The van der Waals surface area contributed by atoms with Crippen LogP contribution in [0.3, 0.4) is 0 Å². The summed E-state index contributed by atoms with van der Waals surface area (Å²) in [6.45, 7) is 6.13. The van der Waals surface area contributed by atoms with Gasteiger partial charge in [-0.3, -0.25) is 4.99 Å². The van der Waals surface area contributed by atoms with E-state index in [0.717, 1.165) is 12.1 Å². The van der Waals surface area contributed by atoms with E-state index in [1.54, 1.807) is 6.21 Å². The molecule has 0 aromatic rings. The number of rotatable bonds is 4. The maximum atomic E-state index is 5.59. The average Bonchev–Trinajstić information content (AvgIpc) is 2.04. The summed E-state index contributed by atoms with van der Waals surface area (Å²) in [4.78, 5) is 4.25. The number of hydrogen-bond donors (Lipinski definition) is 1. The molecule has 2 N–H and O–H groups in total. The minimum Gasteiger partial charge on any atom is -0.399 e. The topological polar surface area (TPSA) is 38.4 Å². The van der Waals surface area contributed by atoms with Gasteiger partial charge in [0, 0.05) is 18.0 Å². The molecule has 0 aromatic heterocycles. The Morgan fingerprint density at radius 3 is 2.75 bits per heavy atom. The van der Waals surface area contributed by atoms with Crippen molar-refractivity contribution in [3.05, 3.63) is 23.9 Å². The number of nitrogens with zero attached hydrogens (tertiary/aromatic N) is 1. The van der Waals surface area contributed by atoms with E-state index < -0.39 is 0 Å². The van der Waals surface area contributed by atoms with Crippen LogP contribution in [0.4, 0.5) is 0 Å². The Labute approximate surface area is 74.9 Å². The molecule has 0 fully saturated rings. The number of aliphatic imine (C=N–C) groups is 1. The van der Waals surface area contributed by atoms with Gasteiger partial charge in [0.25, 0.3) is 0 Å². The van der Waals surface area contributed by atoms with Gasteiger partial charge in [0.1, 0.15) is 0 Å². The fourth-order valence-corrected chi connectivity index (χ4v) is 0.629. The minimum atomic E-state index is 0.389. The first-order valence-electron chi connectivity index (χ1n) is 4.32. The molecule has 1 unspecified atom stereocenters. The van der Waals surface area contributed by atoms with Crippen LogP contribution in [0.1, 0.15) is 27.2 Å². The summed E-state index contributed by atoms with van der Waals surface area (Å²) in [5, 5.41) is 0. The van der Waals surface area contributed by atoms with Crippen molar-refractivity contribution in [2.24, 2.45) is 10.7 Å². The van der Waals surface area contributed by atoms with Crippen molar-refractivity contribution >= 4 is 6.21 Å². The third-order valence-electron chi connectivity index (χ3n) is 1.56. The molecule has 0 heterocycles. The van der Waals surface area contributed by atoms with Crippen LogP contribution in [-0.4, -0.2) is 12.3 Å². The van der Waals surface area contributed by atoms with Crippen LogP contribution >= 0.6 is 0 Å². The highest BCUT2D eigenvalue weighted by Gasteiger charge is 1.88. The van der Waals surface area contributed by atoms with Gasteiger partial charge in [0.2, 0.25) is 0 Å². The van der Waals surface area contributed by atoms with Crippen LogP contribution in [-0.2, 0) is 0 Å². The number of allylic oxidation sites excluding steroid dienone is 3. The summed E-state index contributed by atoms with van der Waals surface area (Å²) in [6.07, 6.45) is 8.40. The Bertz CT molecular complexity index is 190. The molecule has 0 saturated carbocycles. The highest BCUT2D eigenvalue weighted by molar-refractivity contribution is 5.72. The smallest absolute Gasteiger partial charge is 0.0468 e. The van der Waals surface area contributed by atoms with E-state index in [1.807, 2.05) is 25.2 Å². The van der Waals surface area contributed by atoms with E-state index in [-0.39, 0.29) is 0 Å². The van der Waals surface area contributed by atoms with Crippen LogP contribution < -0.4 is 5.73 Å². The lowest BCUT2D eigenvalue weighted by Gasteiger charge is -1.97. The molecule has 2 heteroatoms. The van der Waals surface area contributed by atoms with E-state index in [1.165, 1.54) is 0 Å². The van der Waals surface area contributed by atoms with E-state index in [2.05, 4.69) is 18.8 Å². The summed E-state index contributed by atoms with van der Waals surface area (Å²) < 4.78 is 0. The van der Waals surface area contributed by atoms with Crippen molar-refractivity contribution in [2.75, 3.05) is 0 Å². The lowest BCUT2D eigenvalue weighted by molar-refractivity contribution is 0.721. The highest BCUT2D eigenvalue weighted by atomic mass is 14.7. The Hall–Kier alpha value is -1.05. The van der Waals surface area contributed by atoms with Crippen LogP contribution in [0.25, 0.3) is 0 Å². The van der Waals surface area contributed by atoms with E-state index in [0.29, 0.717) is 6.04 Å². The van der Waals surface area contributed by atoms with Crippen molar-refractivity contribution in [3.8, 4) is 0 Å².